The SMILES string of the molecule is C.OOO.[2H]c1c([2H])c(-c2ccc(-c3ccc(C(=O)N[C@@H]4C(=O)N[C@@](C)([C@H](O)CC)C(=O)N5C[C@H](O)C[C@@]5(C)C(=O)N[C@@H]([C@H](O)[C@@H](O)c5ccc(O)c(C)c5C)C(=O)N[C@@H]([C@H](O)CC)C(=O)N5C(C)[C@](C)(C(C)C)[C@H](O)[C@H]5C(=O)N[C@H](OO)[C@H](O)C4C)c(C)c3)c(C)c2)c(C)c([2H])c1OC(C)CC(C)CC.[HH].[HH].[HH].[HH].[HH].[HH].[HH].[HH].[HH].[HH].[HH].[HH].[HH].[HH].[HH].[HH].[HH].[HH].[HH].[HH].[HH].[HH].[HH].[HH].[HH].[HH].[HH].[HH].[HH].[HH].[HH].[HH].[HH].[HH].[HH].[HH].[HH].[HH].[HH].[HH].[HH].[HH].[HH].[HH].[HH].[HH].[HH].[HH].[HH].[HH].[HH].[HH].[HH].[HH].[HH].[HH].[HH].[HH].[HH].[HH].[HH].[HH].[HH].[HH].[HH].[HH].[HH].[HH].[HH].[HH].[HH].[HH].[HH].[HH].[HH].[HH].[HH].[HH].[HH].[HH].[HH].[HH].[HH].[HH].[HH].[HH].[HH].[HH].[HH].[HH].[HH].[HH].[HH].[HH].[HH].[HH].[HH].[HH].[HH].[HH].[HH].[HH].[HH].[HH].[HH].[HH].[HH].[HH].[HH].[HH].[HH].[HH].[HH].[HH].[HH].[HH].[HH].[HH].[HH].[HH].[HH].[HH].[HH].[HH].[HH].[HH].[HH].[HH].[HH].[HH].[HH].[HH].[HH].[HH].[HH].[HH].[HH].[HH].[HH].[HH].[HH].[HH].[HH].[HH].[HH].[HH].[HH].[HH].[HH].[HH].[HH].[HH].[HH].[HH].[HH].[HH].[HH].[HH].[HH].[HH].[HH].[HH].[HH].[HH].[HH].[HH].[HH].[HH].[HH].[HH].[HH].[HH].[HH].[HH].[HH].[HH].[HH].[HH].[HH].[HH].[HH].[HH].[HH].[HH].[HH].[HH].[HH].[HH].[HH].[HH].[HH].[HH].[HH].[HH].[HH].[HH].[HH].[HH].[HH].[HH].[HH].[HH].[HH].[HH].[HH].[HH].[HH].[HH].[HH].[HH].[HH].[HH].[HH].[HH].[HH].[HH].[HH].[HH].[HH].[HH].[HH].[HH].[HH].[HH].[HH].[HH].[HH].[HH].[HH].[HH].[HH]. The number of nitrogens with one attached hydrogen (secondary N) is 5. The molecule has 16 N–H and O–H groups in total. The zero-order valence-corrected chi connectivity index (χ0v) is 61.1. The molecule has 3 aliphatic rings. The quantitative estimate of drug-likeness (QED) is 0.0325. The number of hydrogen-bond donors (Lipinski definition) is 16. The highest BCUT2D eigenvalue weighted by atomic mass is 17.4. The van der Waals surface area contributed by atoms with E-state index in [1.807, 2.05) is 19.9 Å². The predicted molar refractivity (Wildman–Crippen MR) is 871 cm³/mol. The minimum absolute atomic E-state index is 0. The number of aryl methyl sites for hydroxylation is 2. The van der Waals surface area contributed by atoms with Crippen LogP contribution in [0.3, 0.4) is 0 Å². The average Bonchev–Trinajstić information content (AvgIpc) is 1.57. The molecule has 0 spiro atoms. The summed E-state index contributed by atoms with van der Waals surface area (Å²) in [5, 5.41) is 133. The average molecular weight is 1920 g/mol. The molecular weight excluding hydrogens is 1330 g/mol. The van der Waals surface area contributed by atoms with Gasteiger partial charge in [0.2, 0.25) is 29.5 Å². The largest absolute Gasteiger partial charge is 0.508 e. The Labute approximate surface area is 950 Å². The van der Waals surface area contributed by atoms with Crippen LogP contribution < -0.4 is 31.3 Å². The van der Waals surface area contributed by atoms with Crippen LogP contribution in [0.2, 0.25) is 0 Å². The molecule has 0 bridgehead atoms. The number of rotatable bonds is 18. The van der Waals surface area contributed by atoms with Crippen molar-refractivity contribution in [2.45, 2.75) is 254 Å². The molecule has 7 amide bonds. The van der Waals surface area contributed by atoms with Crippen LogP contribution in [0.25, 0.3) is 22.3 Å². The summed E-state index contributed by atoms with van der Waals surface area (Å²) >= 11 is 0. The van der Waals surface area contributed by atoms with Gasteiger partial charge in [-0.25, -0.2) is 20.7 Å². The maximum Gasteiger partial charge on any atom is 0.252 e. The molecule has 3 heterocycles. The fourth-order valence-corrected chi connectivity index (χ4v) is 14.2. The minimum atomic E-state index is -2.54. The van der Waals surface area contributed by atoms with Gasteiger partial charge in [-0.05, 0) is 173 Å². The van der Waals surface area contributed by atoms with Gasteiger partial charge in [0.1, 0.15) is 65.1 Å². The molecule has 3 saturated heterocycles. The number of ether oxygens (including phenoxy) is 1. The van der Waals surface area contributed by atoms with E-state index in [1.54, 1.807) is 58.9 Å². The molecule has 103 heavy (non-hydrogen) atoms. The molecule has 1034 valence electrons. The van der Waals surface area contributed by atoms with E-state index >= 15 is 28.8 Å². The number of β-amino-alcohol motifs (C(OH)–C–C–N with tert-alkyl or cyclic N) is 1. The Kier molecular flexibility index (Phi) is 27.8. The zero-order chi connectivity index (χ0) is 79.3. The first-order chi connectivity index (χ1) is 49.0. The first-order valence-corrected chi connectivity index (χ1v) is 34.5. The Morgan fingerprint density at radius 1 is 0.757 bits per heavy atom. The van der Waals surface area contributed by atoms with E-state index < -0.39 is 162 Å². The summed E-state index contributed by atoms with van der Waals surface area (Å²) in [6, 6.07) is 2.69. The van der Waals surface area contributed by atoms with Crippen LogP contribution in [-0.4, -0.2) is 205 Å². The standard InChI is InChI=1S/C74H105N7O18.CH4.H2O3.231H2/c1-18-36(6)29-40(10)98-48-23-26-50(39(9)32-48)45-21-24-49(37(7)30-45)46-22-25-51(38(8)31-46)64(90)75-56-43(13)60(86)68(99-97)78-67(93)59-63(89)73(16,35(4)5)44(14)81(59)69(94)57(53(83)19-2)76-65(91)58(62(88)61(87)52-27-28-54(84)42(12)41(52)11)77-70(95)72(15)33-47(82)34-80(72)71(96)74(17,55(85)20-3)79-66(56)92;;1-3-2;;;;;;;;;;;;;;;;;;;;;;;;;;;;;;;;;;;;;;;;;;;;;;;;;;;;;;;;;;;;;;;;;;;;;;;;;;;;;;;;;;;;;;;;;;;;;;;;;;;;;;;;;;;;;;;;;;;;;;;;;;;;;;;;;;;;;;;;;;;;;;;;;;;;;;;;;;;;;;;;;;;;;;;;;;;;;;;;;;;;;;;;;;;;;;;;;;;;;;;;;;;;;;;;;;;;;;;;;;;;;;;;;;;;;;;/h21-28,30-32,35-36,40,43-44,47,53,55-63,68,82-89,97H,18-20,29,33-34H2,1-17H3,(H,75,90)(H,76,91)(H,77,95)(H,78,93)(H,79,92);1H4;1-2H;231*1H/t36?,40?,43?,44?,47-,53-,55-,56+,57+,58+,59+,60-,61+,62+,63-,68-,72+,73+,74+;;;;;;;;;;;;;;;;;;;;;;;;;;;;;;;;;;;;;;;;;;;;;;;;;;;;;;;;;;;;;;;;;;;;;;;;;;;;;;;;;;;;;;;;;;;;;;;;;;;;;;;;;;;;;;;;;;;;;;;;;;;;;;;;;;;;;;;;;;;;;;;;;;;;;;;;;;;;;;;;;;;;;;;;;;;;;;;;;;;;;;;;;;;;;;;;;;;;;;;;;;;;;;;;;;;;;;;;;;;;;;;;;;;;;;;;;/m1........................................................................................................................................................................................................................................./s1/i23D,26D,32D;;;;;;;;;;;;;;;;;;;;;;;;;;;;;;;;;;;;;;;;;;;;;;;;;;;;;;;;;;;;;;;;;;;;;;;;;;;;;;;;;;;;;;;;;;;;;;;;;;;;;;;;;;;;;;;;;;;;;;;;;;;;;;;;;;;;;;;;;;;;;;;;;;;;;;;;;;;;;;;;;;;;;;;;;;;;;;;;;;;;;;;;;;;;;;;;;;;;;;;;;;;;;;;;;;;;;;;;;;;;;;;;;;;;;;;;;. The summed E-state index contributed by atoms with van der Waals surface area (Å²) < 4.78 is 33.1. The van der Waals surface area contributed by atoms with Crippen LogP contribution in [-0.2, 0) is 38.7 Å². The van der Waals surface area contributed by atoms with E-state index in [2.05, 4.69) is 45.5 Å². The maximum absolute atomic E-state index is 15.6. The lowest BCUT2D eigenvalue weighted by Crippen LogP contribution is -2.71. The Bertz CT molecular complexity index is 4100. The van der Waals surface area contributed by atoms with E-state index in [1.165, 1.54) is 66.7 Å². The molecule has 0 aliphatic carbocycles. The number of fused-ring (bicyclic) bond motifs is 2. The summed E-state index contributed by atoms with van der Waals surface area (Å²) in [7, 11) is 0. The van der Waals surface area contributed by atoms with Crippen LogP contribution >= 0.6 is 0 Å². The van der Waals surface area contributed by atoms with Gasteiger partial charge in [0, 0.05) is 365 Å². The van der Waals surface area contributed by atoms with E-state index in [4.69, 9.17) is 24.3 Å². The van der Waals surface area contributed by atoms with Gasteiger partial charge < -0.3 is 82.0 Å². The second-order valence-electron chi connectivity index (χ2n) is 28.6. The van der Waals surface area contributed by atoms with Gasteiger partial charge in [-0.15, -0.1) is 0 Å². The molecular formula is C75H573N7O21. The molecule has 28 heteroatoms. The number of carbonyl (C=O) groups is 7. The van der Waals surface area contributed by atoms with Crippen molar-refractivity contribution in [2.75, 3.05) is 6.54 Å². The lowest BCUT2D eigenvalue weighted by molar-refractivity contribution is -0.465. The van der Waals surface area contributed by atoms with Gasteiger partial charge in [0.15, 0.2) is 6.23 Å². The number of aliphatic hydroxyl groups excluding tert-OH is 7. The third-order valence-corrected chi connectivity index (χ3v) is 21.6. The van der Waals surface area contributed by atoms with Crippen molar-refractivity contribution in [3.63, 3.8) is 0 Å². The second kappa shape index (κ2) is 35.4. The zero-order valence-electron chi connectivity index (χ0n) is 64.1. The number of phenols is 1. The highest BCUT2D eigenvalue weighted by Crippen LogP contribution is 2.47. The van der Waals surface area contributed by atoms with E-state index in [0.29, 0.717) is 45.7 Å². The summed E-state index contributed by atoms with van der Waals surface area (Å²) in [4.78, 5) is 114. The highest BCUT2D eigenvalue weighted by molar-refractivity contribution is 6.03. The van der Waals surface area contributed by atoms with E-state index in [9.17, 15) is 50.9 Å². The third-order valence-electron chi connectivity index (χ3n) is 21.6. The van der Waals surface area contributed by atoms with Crippen molar-refractivity contribution in [1.29, 1.82) is 0 Å². The first-order valence-electron chi connectivity index (χ1n) is 36.0. The van der Waals surface area contributed by atoms with Crippen LogP contribution in [0, 0.1) is 57.8 Å². The molecule has 3 aliphatic heterocycles. The molecule has 19 atom stereocenters. The van der Waals surface area contributed by atoms with Gasteiger partial charge in [0.05, 0.1) is 34.6 Å². The number of benzene rings is 4. The van der Waals surface area contributed by atoms with Gasteiger partial charge >= 0.3 is 0 Å². The monoisotopic (exact) mass is 1910 g/mol. The number of carbonyl (C=O) groups excluding carboxylic acids is 7. The second-order valence-corrected chi connectivity index (χ2v) is 28.6. The van der Waals surface area contributed by atoms with Gasteiger partial charge in [-0.1, -0.05) is 117 Å². The molecule has 3 fully saturated rings. The van der Waals surface area contributed by atoms with E-state index in [-0.39, 0.29) is 408 Å². The molecule has 4 aromatic carbocycles. The number of hydrogen-bond acceptors (Lipinski definition) is 21. The summed E-state index contributed by atoms with van der Waals surface area (Å²) in [6.07, 6.45) is -15.8. The highest BCUT2D eigenvalue weighted by Gasteiger charge is 2.62. The molecule has 0 aromatic heterocycles. The van der Waals surface area contributed by atoms with E-state index in [0.717, 1.165) is 28.7 Å². The van der Waals surface area contributed by atoms with Gasteiger partial charge in [-0.2, -0.15) is 0 Å². The van der Waals surface area contributed by atoms with Crippen LogP contribution in [0.15, 0.2) is 66.7 Å². The topological polar surface area (TPSA) is 436 Å². The maximum atomic E-state index is 15.6. The molecule has 4 unspecified atom stereocenters. The summed E-state index contributed by atoms with van der Waals surface area (Å²) in [5.41, 5.74) is -1.97. The predicted octanol–water partition coefficient (Wildman–Crippen LogP) is 62.4. The Hall–Kier alpha value is -7.71. The minimum Gasteiger partial charge on any atom is -0.508 e. The number of phenolic OH excluding ortho intramolecular Hbond substituents is 1. The number of aromatic hydroxyl groups is 1. The lowest BCUT2D eigenvalue weighted by atomic mass is 9.71. The number of nitrogens with zero attached hydrogens (tertiary/aromatic N) is 2. The number of amides is 7. The van der Waals surface area contributed by atoms with Gasteiger partial charge in [-0.3, -0.25) is 33.6 Å². The number of aliphatic hydroxyl groups is 7. The molecule has 7 rings (SSSR count). The van der Waals surface area contributed by atoms with Crippen molar-refractivity contribution >= 4 is 41.4 Å². The summed E-state index contributed by atoms with van der Waals surface area (Å²) in [6.45, 7) is 26.4. The van der Waals surface area contributed by atoms with Crippen molar-refractivity contribution in [1.82, 2.24) is 36.4 Å². The summed E-state index contributed by atoms with van der Waals surface area (Å²) in [5.74, 6) is -10.7. The van der Waals surface area contributed by atoms with Crippen molar-refractivity contribution in [2.24, 2.45) is 23.2 Å². The Morgan fingerprint density at radius 2 is 1.37 bits per heavy atom. The van der Waals surface area contributed by atoms with Crippen molar-refractivity contribution in [3.05, 3.63) is 106 Å². The molecule has 0 saturated carbocycles. The fourth-order valence-electron chi connectivity index (χ4n) is 14.2. The first kappa shape index (κ1) is 81.0. The van der Waals surface area contributed by atoms with Crippen molar-refractivity contribution in [3.8, 4) is 33.8 Å². The molecule has 4 aromatic rings. The smallest absolute Gasteiger partial charge is 0.252 e. The molecule has 28 nitrogen and oxygen atoms in total. The Balaban J connectivity index is -0.00000000228. The third kappa shape index (κ3) is 17.8. The lowest BCUT2D eigenvalue weighted by Gasteiger charge is -2.43. The van der Waals surface area contributed by atoms with Crippen LogP contribution in [0.1, 0.15) is 506 Å². The normalized spacial score (nSPS) is 28.9. The van der Waals surface area contributed by atoms with Crippen LogP contribution in [0.4, 0.5) is 0 Å². The van der Waals surface area contributed by atoms with Crippen LogP contribution in [0.5, 0.6) is 11.5 Å². The van der Waals surface area contributed by atoms with Crippen molar-refractivity contribution < 1.29 is 439 Å². The molecule has 0 radical (unpaired) electrons. The fraction of sp³-hybridized carbons (Fsp3) is 0.587. The van der Waals surface area contributed by atoms with Gasteiger partial charge in [0.25, 0.3) is 11.8 Å². The Morgan fingerprint density at radius 3 is 1.94 bits per heavy atom.